The Morgan fingerprint density at radius 2 is 0.957 bits per heavy atom. The van der Waals surface area contributed by atoms with Crippen LogP contribution in [0.1, 0.15) is 194 Å². The number of phosphoric ester groups is 1. The number of unbranched alkanes of at least 4 members (excludes halogenated alkanes) is 24. The molecule has 2 N–H and O–H groups in total. The van der Waals surface area contributed by atoms with Gasteiger partial charge in [-0.1, -0.05) is 154 Å². The topological polar surface area (TPSA) is 102 Å². The van der Waals surface area contributed by atoms with Crippen LogP contribution in [0.3, 0.4) is 0 Å². The summed E-state index contributed by atoms with van der Waals surface area (Å²) in [6.45, 7) is 4.10. The van der Waals surface area contributed by atoms with E-state index in [4.69, 9.17) is 19.3 Å². The summed E-state index contributed by atoms with van der Waals surface area (Å²) in [7, 11) is -4.66. The summed E-state index contributed by atoms with van der Waals surface area (Å²) in [5.74, 6) is -0.392. The van der Waals surface area contributed by atoms with Gasteiger partial charge in [0.1, 0.15) is 6.61 Å². The maximum absolute atomic E-state index is 12.3. The molecule has 0 unspecified atom stereocenters. The fourth-order valence-corrected chi connectivity index (χ4v) is 5.82. The molecule has 0 aromatic rings. The van der Waals surface area contributed by atoms with E-state index in [1.54, 1.807) is 6.26 Å². The highest BCUT2D eigenvalue weighted by Gasteiger charge is 2.21. The molecule has 272 valence electrons. The molecule has 1 atom stereocenters. The number of carbonyl (C=O) groups excluding carboxylic acids is 1. The lowest BCUT2D eigenvalue weighted by Crippen LogP contribution is -2.27. The predicted octanol–water partition coefficient (Wildman–Crippen LogP) is 12.1. The molecule has 0 radical (unpaired) electrons. The molecule has 8 heteroatoms. The van der Waals surface area contributed by atoms with E-state index in [9.17, 15) is 9.36 Å². The molecule has 0 bridgehead atoms. The zero-order valence-electron chi connectivity index (χ0n) is 30.0. The summed E-state index contributed by atoms with van der Waals surface area (Å²) in [5, 5.41) is 0. The fraction of sp³-hybridized carbons (Fsp3) is 0.868. The van der Waals surface area contributed by atoms with Crippen LogP contribution in [0.25, 0.3) is 0 Å². The second-order valence-corrected chi connectivity index (χ2v) is 14.2. The molecule has 46 heavy (non-hydrogen) atoms. The van der Waals surface area contributed by atoms with E-state index in [0.29, 0.717) is 0 Å². The van der Waals surface area contributed by atoms with Gasteiger partial charge in [0.25, 0.3) is 0 Å². The summed E-state index contributed by atoms with van der Waals surface area (Å²) in [6.07, 6.45) is 41.1. The van der Waals surface area contributed by atoms with Crippen molar-refractivity contribution >= 4 is 13.8 Å². The van der Waals surface area contributed by atoms with Crippen LogP contribution in [0.5, 0.6) is 0 Å². The van der Waals surface area contributed by atoms with Crippen LogP contribution in [-0.2, 0) is 23.4 Å². The minimum atomic E-state index is -4.66. The molecule has 0 aliphatic heterocycles. The van der Waals surface area contributed by atoms with E-state index in [1.165, 1.54) is 128 Å². The van der Waals surface area contributed by atoms with Crippen molar-refractivity contribution < 1.29 is 33.1 Å². The van der Waals surface area contributed by atoms with Crippen LogP contribution in [0.4, 0.5) is 0 Å². The van der Waals surface area contributed by atoms with Crippen LogP contribution >= 0.6 is 7.82 Å². The van der Waals surface area contributed by atoms with Gasteiger partial charge in [-0.2, -0.15) is 0 Å². The Bertz CT molecular complexity index is 749. The number of hydrogen-bond donors (Lipinski definition) is 2. The van der Waals surface area contributed by atoms with Gasteiger partial charge in [-0.15, -0.1) is 0 Å². The van der Waals surface area contributed by atoms with Crippen molar-refractivity contribution in [2.75, 3.05) is 13.2 Å². The predicted molar refractivity (Wildman–Crippen MR) is 193 cm³/mol. The fourth-order valence-electron chi connectivity index (χ4n) is 5.46. The minimum absolute atomic E-state index is 0.00678. The molecule has 0 aromatic carbocycles. The Labute approximate surface area is 284 Å². The van der Waals surface area contributed by atoms with Gasteiger partial charge in [-0.05, 0) is 51.0 Å². The van der Waals surface area contributed by atoms with Crippen molar-refractivity contribution in [3.63, 3.8) is 0 Å². The molecular weight excluding hydrogens is 599 g/mol. The van der Waals surface area contributed by atoms with Gasteiger partial charge in [-0.3, -0.25) is 9.32 Å². The average Bonchev–Trinajstić information content (AvgIpc) is 3.02. The first kappa shape index (κ1) is 44.9. The van der Waals surface area contributed by atoms with Gasteiger partial charge in [0.2, 0.25) is 0 Å². The SMILES string of the molecule is CCCCCCCCC/C=C\CCCCCCCC(=O)O[C@H](CO/C=C\CCCCCCCCCCCCCC)COP(=O)(O)O. The minimum Gasteiger partial charge on any atom is -0.498 e. The number of hydrogen-bond acceptors (Lipinski definition) is 5. The van der Waals surface area contributed by atoms with Crippen molar-refractivity contribution in [2.45, 2.75) is 200 Å². The third kappa shape index (κ3) is 37.3. The summed E-state index contributed by atoms with van der Waals surface area (Å²) < 4.78 is 26.7. The Balaban J connectivity index is 3.88. The van der Waals surface area contributed by atoms with E-state index in [-0.39, 0.29) is 13.0 Å². The first-order valence-corrected chi connectivity index (χ1v) is 20.7. The number of phosphoric acid groups is 1. The molecule has 0 aliphatic carbocycles. The molecule has 0 aliphatic rings. The molecule has 0 saturated heterocycles. The van der Waals surface area contributed by atoms with Crippen molar-refractivity contribution in [3.8, 4) is 0 Å². The van der Waals surface area contributed by atoms with Gasteiger partial charge in [-0.25, -0.2) is 4.57 Å². The Kier molecular flexibility index (Phi) is 34.3. The van der Waals surface area contributed by atoms with Gasteiger partial charge in [0, 0.05) is 6.42 Å². The molecule has 0 spiro atoms. The highest BCUT2D eigenvalue weighted by atomic mass is 31.2. The smallest absolute Gasteiger partial charge is 0.469 e. The largest absolute Gasteiger partial charge is 0.498 e. The number of carbonyl (C=O) groups is 1. The highest BCUT2D eigenvalue weighted by molar-refractivity contribution is 7.46. The van der Waals surface area contributed by atoms with Crippen LogP contribution in [0, 0.1) is 0 Å². The first-order chi connectivity index (χ1) is 22.4. The lowest BCUT2D eigenvalue weighted by atomic mass is 10.0. The lowest BCUT2D eigenvalue weighted by molar-refractivity contribution is -0.153. The summed E-state index contributed by atoms with van der Waals surface area (Å²) in [5.41, 5.74) is 0. The van der Waals surface area contributed by atoms with Crippen molar-refractivity contribution in [1.82, 2.24) is 0 Å². The van der Waals surface area contributed by atoms with Gasteiger partial charge in [0.05, 0.1) is 12.9 Å². The maximum Gasteiger partial charge on any atom is 0.469 e. The monoisotopic (exact) mass is 673 g/mol. The first-order valence-electron chi connectivity index (χ1n) is 19.2. The van der Waals surface area contributed by atoms with Gasteiger partial charge in [0.15, 0.2) is 6.10 Å². The van der Waals surface area contributed by atoms with E-state index >= 15 is 0 Å². The van der Waals surface area contributed by atoms with Gasteiger partial charge < -0.3 is 19.3 Å². The summed E-state index contributed by atoms with van der Waals surface area (Å²) in [4.78, 5) is 30.5. The molecule has 0 heterocycles. The normalized spacial score (nSPS) is 12.8. The quantitative estimate of drug-likeness (QED) is 0.0224. The molecule has 0 saturated carbocycles. The lowest BCUT2D eigenvalue weighted by Gasteiger charge is -2.18. The van der Waals surface area contributed by atoms with Crippen LogP contribution < -0.4 is 0 Å². The van der Waals surface area contributed by atoms with Gasteiger partial charge >= 0.3 is 13.8 Å². The standard InChI is InChI=1S/C38H73O7P/c1-3-5-7-9-11-13-15-17-19-20-21-23-25-27-29-31-33-38(39)45-37(36-44-46(40,41)42)35-43-34-32-30-28-26-24-22-18-16-14-12-10-8-6-4-2/h19-20,32,34,37H,3-18,21-31,33,35-36H2,1-2H3,(H2,40,41,42)/b20-19-,34-32-/t37-/m1/s1. The number of esters is 1. The highest BCUT2D eigenvalue weighted by Crippen LogP contribution is 2.36. The Morgan fingerprint density at radius 1 is 0.565 bits per heavy atom. The van der Waals surface area contributed by atoms with E-state index < -0.39 is 26.5 Å². The third-order valence-corrected chi connectivity index (χ3v) is 8.80. The van der Waals surface area contributed by atoms with E-state index in [1.807, 2.05) is 6.08 Å². The zero-order chi connectivity index (χ0) is 33.8. The molecule has 0 fully saturated rings. The molecule has 0 aromatic heterocycles. The third-order valence-electron chi connectivity index (χ3n) is 8.32. The molecule has 0 amide bonds. The zero-order valence-corrected chi connectivity index (χ0v) is 30.9. The summed E-state index contributed by atoms with van der Waals surface area (Å²) >= 11 is 0. The number of ether oxygens (including phenoxy) is 2. The van der Waals surface area contributed by atoms with Crippen LogP contribution in [0.2, 0.25) is 0 Å². The summed E-state index contributed by atoms with van der Waals surface area (Å²) in [6, 6.07) is 0. The van der Waals surface area contributed by atoms with Crippen LogP contribution in [-0.4, -0.2) is 35.1 Å². The number of allylic oxidation sites excluding steroid dienone is 3. The second-order valence-electron chi connectivity index (χ2n) is 13.0. The second kappa shape index (κ2) is 35.2. The average molecular weight is 673 g/mol. The molecular formula is C38H73O7P. The Morgan fingerprint density at radius 3 is 1.39 bits per heavy atom. The van der Waals surface area contributed by atoms with E-state index in [2.05, 4.69) is 30.5 Å². The maximum atomic E-state index is 12.3. The molecule has 7 nitrogen and oxygen atoms in total. The number of rotatable bonds is 36. The van der Waals surface area contributed by atoms with E-state index in [0.717, 1.165) is 44.9 Å². The van der Waals surface area contributed by atoms with Crippen molar-refractivity contribution in [1.29, 1.82) is 0 Å². The van der Waals surface area contributed by atoms with Crippen LogP contribution in [0.15, 0.2) is 24.5 Å². The molecule has 0 rings (SSSR count). The Hall–Kier alpha value is -1.14. The van der Waals surface area contributed by atoms with Crippen molar-refractivity contribution in [3.05, 3.63) is 24.5 Å². The van der Waals surface area contributed by atoms with Crippen molar-refractivity contribution in [2.24, 2.45) is 0 Å².